The molecule has 0 heterocycles. The van der Waals surface area contributed by atoms with E-state index in [1.165, 1.54) is 0 Å². The van der Waals surface area contributed by atoms with E-state index in [4.69, 9.17) is 17.4 Å². The first-order valence-corrected chi connectivity index (χ1v) is 3.19. The zero-order valence-corrected chi connectivity index (χ0v) is 6.05. The minimum Gasteiger partial charge on any atom is -0.323 e. The number of benzene rings is 1. The second-order valence-electron chi connectivity index (χ2n) is 1.83. The average molecular weight is 155 g/mol. The molecule has 10 heavy (non-hydrogen) atoms. The van der Waals surface area contributed by atoms with Gasteiger partial charge in [0.1, 0.15) is 0 Å². The first kappa shape index (κ1) is 7.09. The molecule has 0 amide bonds. The second-order valence-corrected chi connectivity index (χ2v) is 2.27. The Morgan fingerprint density at radius 3 is 2.40 bits per heavy atom. The largest absolute Gasteiger partial charge is 0.323 e. The molecule has 0 aliphatic rings. The van der Waals surface area contributed by atoms with Crippen LogP contribution in [0.4, 0.5) is 0 Å². The van der Waals surface area contributed by atoms with Gasteiger partial charge in [-0.2, -0.15) is 5.10 Å². The van der Waals surface area contributed by atoms with E-state index in [-0.39, 0.29) is 0 Å². The Balaban J connectivity index is 2.89. The molecule has 0 radical (unpaired) electrons. The Bertz CT molecular complexity index is 228. The molecule has 0 fully saturated rings. The minimum absolute atomic E-state index is 0.717. The smallest absolute Gasteiger partial charge is 0.0538 e. The van der Waals surface area contributed by atoms with Gasteiger partial charge < -0.3 is 5.84 Å². The van der Waals surface area contributed by atoms with E-state index in [2.05, 4.69) is 5.10 Å². The van der Waals surface area contributed by atoms with E-state index in [1.54, 1.807) is 18.3 Å². The molecule has 0 atom stereocenters. The maximum atomic E-state index is 5.64. The summed E-state index contributed by atoms with van der Waals surface area (Å²) in [5.41, 5.74) is 0.951. The van der Waals surface area contributed by atoms with Crippen LogP contribution in [0.2, 0.25) is 5.02 Å². The van der Waals surface area contributed by atoms with E-state index in [0.29, 0.717) is 5.02 Å². The van der Waals surface area contributed by atoms with E-state index in [1.807, 2.05) is 12.1 Å². The Kier molecular flexibility index (Phi) is 2.29. The third-order valence-corrected chi connectivity index (χ3v) is 1.35. The van der Waals surface area contributed by atoms with Gasteiger partial charge in [0.05, 0.1) is 6.21 Å². The highest BCUT2D eigenvalue weighted by Gasteiger charge is 1.86. The molecule has 0 aliphatic heterocycles. The van der Waals surface area contributed by atoms with Crippen molar-refractivity contribution in [1.29, 1.82) is 0 Å². The first-order valence-electron chi connectivity index (χ1n) is 2.82. The van der Waals surface area contributed by atoms with Crippen molar-refractivity contribution in [2.45, 2.75) is 0 Å². The normalized spacial score (nSPS) is 10.5. The number of hydrogen-bond acceptors (Lipinski definition) is 2. The molecule has 0 bridgehead atoms. The number of nitrogens with two attached hydrogens (primary N) is 1. The monoisotopic (exact) mass is 154 g/mol. The Morgan fingerprint density at radius 1 is 1.30 bits per heavy atom. The van der Waals surface area contributed by atoms with Gasteiger partial charge in [0.15, 0.2) is 0 Å². The van der Waals surface area contributed by atoms with Crippen LogP contribution in [0.15, 0.2) is 29.4 Å². The van der Waals surface area contributed by atoms with Crippen molar-refractivity contribution in [3.05, 3.63) is 34.9 Å². The SMILES string of the molecule is N/N=C\c1ccc(Cl)cc1. The van der Waals surface area contributed by atoms with Gasteiger partial charge in [-0.15, -0.1) is 0 Å². The van der Waals surface area contributed by atoms with Gasteiger partial charge in [0.2, 0.25) is 0 Å². The van der Waals surface area contributed by atoms with E-state index in [0.717, 1.165) is 5.56 Å². The van der Waals surface area contributed by atoms with Crippen molar-refractivity contribution in [3.63, 3.8) is 0 Å². The highest BCUT2D eigenvalue weighted by molar-refractivity contribution is 6.30. The Morgan fingerprint density at radius 2 is 1.90 bits per heavy atom. The maximum absolute atomic E-state index is 5.64. The number of hydrogen-bond donors (Lipinski definition) is 1. The van der Waals surface area contributed by atoms with Gasteiger partial charge in [-0.25, -0.2) is 0 Å². The molecule has 0 unspecified atom stereocenters. The fourth-order valence-corrected chi connectivity index (χ4v) is 0.761. The van der Waals surface area contributed by atoms with Gasteiger partial charge in [-0.1, -0.05) is 23.7 Å². The van der Waals surface area contributed by atoms with Gasteiger partial charge in [-0.3, -0.25) is 0 Å². The molecule has 1 aromatic carbocycles. The predicted molar refractivity (Wildman–Crippen MR) is 43.2 cm³/mol. The third kappa shape index (κ3) is 1.74. The van der Waals surface area contributed by atoms with Crippen molar-refractivity contribution in [2.24, 2.45) is 10.9 Å². The van der Waals surface area contributed by atoms with Crippen LogP contribution in [-0.2, 0) is 0 Å². The highest BCUT2D eigenvalue weighted by atomic mass is 35.5. The average Bonchev–Trinajstić information content (AvgIpc) is 1.95. The van der Waals surface area contributed by atoms with Crippen LogP contribution in [0.3, 0.4) is 0 Å². The lowest BCUT2D eigenvalue weighted by Gasteiger charge is -1.90. The van der Waals surface area contributed by atoms with Crippen LogP contribution in [-0.4, -0.2) is 6.21 Å². The Hall–Kier alpha value is -1.02. The number of hydrazone groups is 1. The summed E-state index contributed by atoms with van der Waals surface area (Å²) < 4.78 is 0. The summed E-state index contributed by atoms with van der Waals surface area (Å²) >= 11 is 5.64. The fraction of sp³-hybridized carbons (Fsp3) is 0. The van der Waals surface area contributed by atoms with Crippen LogP contribution in [0.5, 0.6) is 0 Å². The molecular formula is C7H7ClN2. The zero-order chi connectivity index (χ0) is 7.40. The van der Waals surface area contributed by atoms with Crippen LogP contribution >= 0.6 is 11.6 Å². The highest BCUT2D eigenvalue weighted by Crippen LogP contribution is 2.07. The lowest BCUT2D eigenvalue weighted by molar-refractivity contribution is 1.26. The maximum Gasteiger partial charge on any atom is 0.0538 e. The lowest BCUT2D eigenvalue weighted by atomic mass is 10.2. The molecule has 3 heteroatoms. The Labute approximate surface area is 64.3 Å². The number of rotatable bonds is 1. The summed E-state index contributed by atoms with van der Waals surface area (Å²) in [7, 11) is 0. The van der Waals surface area contributed by atoms with E-state index in [9.17, 15) is 0 Å². The van der Waals surface area contributed by atoms with Crippen LogP contribution in [0.25, 0.3) is 0 Å². The quantitative estimate of drug-likeness (QED) is 0.373. The predicted octanol–water partition coefficient (Wildman–Crippen LogP) is 1.63. The molecule has 52 valence electrons. The molecule has 2 N–H and O–H groups in total. The summed E-state index contributed by atoms with van der Waals surface area (Å²) in [6, 6.07) is 7.27. The van der Waals surface area contributed by atoms with Crippen LogP contribution in [0, 0.1) is 0 Å². The van der Waals surface area contributed by atoms with Crippen molar-refractivity contribution in [3.8, 4) is 0 Å². The fourth-order valence-electron chi connectivity index (χ4n) is 0.635. The summed E-state index contributed by atoms with van der Waals surface area (Å²) in [5.74, 6) is 4.94. The molecule has 0 aromatic heterocycles. The minimum atomic E-state index is 0.717. The van der Waals surface area contributed by atoms with Gasteiger partial charge in [-0.05, 0) is 17.7 Å². The van der Waals surface area contributed by atoms with Crippen LogP contribution in [0.1, 0.15) is 5.56 Å². The molecule has 0 spiro atoms. The van der Waals surface area contributed by atoms with Crippen molar-refractivity contribution >= 4 is 17.8 Å². The van der Waals surface area contributed by atoms with E-state index >= 15 is 0 Å². The molecule has 0 aliphatic carbocycles. The number of halogens is 1. The summed E-state index contributed by atoms with van der Waals surface area (Å²) in [4.78, 5) is 0. The molecule has 0 saturated carbocycles. The van der Waals surface area contributed by atoms with Crippen molar-refractivity contribution < 1.29 is 0 Å². The topological polar surface area (TPSA) is 38.4 Å². The third-order valence-electron chi connectivity index (χ3n) is 1.09. The molecule has 1 aromatic rings. The van der Waals surface area contributed by atoms with E-state index < -0.39 is 0 Å². The van der Waals surface area contributed by atoms with Gasteiger partial charge >= 0.3 is 0 Å². The summed E-state index contributed by atoms with van der Waals surface area (Å²) in [6.45, 7) is 0. The van der Waals surface area contributed by atoms with Gasteiger partial charge in [0, 0.05) is 5.02 Å². The standard InChI is InChI=1S/C7H7ClN2/c8-7-3-1-6(2-4-7)5-10-9/h1-5H,9H2/b10-5-. The van der Waals surface area contributed by atoms with Crippen LogP contribution < -0.4 is 5.84 Å². The first-order chi connectivity index (χ1) is 4.83. The van der Waals surface area contributed by atoms with Crippen molar-refractivity contribution in [2.75, 3.05) is 0 Å². The molecular weight excluding hydrogens is 148 g/mol. The number of nitrogens with zero attached hydrogens (tertiary/aromatic N) is 1. The molecule has 0 saturated heterocycles. The zero-order valence-electron chi connectivity index (χ0n) is 5.29. The summed E-state index contributed by atoms with van der Waals surface area (Å²) in [6.07, 6.45) is 1.57. The van der Waals surface area contributed by atoms with Gasteiger partial charge in [0.25, 0.3) is 0 Å². The summed E-state index contributed by atoms with van der Waals surface area (Å²) in [5, 5.41) is 4.08. The molecule has 2 nitrogen and oxygen atoms in total. The molecule has 1 rings (SSSR count). The lowest BCUT2D eigenvalue weighted by Crippen LogP contribution is -1.84. The second kappa shape index (κ2) is 3.22. The van der Waals surface area contributed by atoms with Crippen molar-refractivity contribution in [1.82, 2.24) is 0 Å².